The monoisotopic (exact) mass is 259 g/mol. The Morgan fingerprint density at radius 2 is 1.68 bits per heavy atom. The van der Waals surface area contributed by atoms with Crippen molar-refractivity contribution in [1.29, 1.82) is 5.41 Å². The summed E-state index contributed by atoms with van der Waals surface area (Å²) in [6.45, 7) is 0. The summed E-state index contributed by atoms with van der Waals surface area (Å²) in [5.74, 6) is 1.19. The number of esters is 1. The van der Waals surface area contributed by atoms with Crippen LogP contribution < -0.4 is 0 Å². The van der Waals surface area contributed by atoms with Gasteiger partial charge in [-0.1, -0.05) is 0 Å². The second-order valence-corrected chi connectivity index (χ2v) is 7.82. The lowest BCUT2D eigenvalue weighted by atomic mass is 9.74. The zero-order valence-electron chi connectivity index (χ0n) is 11.3. The molecule has 0 amide bonds. The highest BCUT2D eigenvalue weighted by atomic mass is 16.6. The Balaban J connectivity index is 1.60. The Bertz CT molecular complexity index is 489. The van der Waals surface area contributed by atoms with Crippen LogP contribution in [0.5, 0.6) is 0 Å². The van der Waals surface area contributed by atoms with Crippen LogP contribution >= 0.6 is 0 Å². The van der Waals surface area contributed by atoms with Crippen molar-refractivity contribution in [2.24, 2.45) is 28.6 Å². The Morgan fingerprint density at radius 3 is 2.37 bits per heavy atom. The van der Waals surface area contributed by atoms with E-state index in [-0.39, 0.29) is 23.7 Å². The minimum atomic E-state index is -0.316. The fourth-order valence-corrected chi connectivity index (χ4v) is 5.85. The highest BCUT2D eigenvalue weighted by Crippen LogP contribution is 2.74. The van der Waals surface area contributed by atoms with E-state index in [2.05, 4.69) is 0 Å². The molecule has 5 rings (SSSR count). The topological polar surface area (TPSA) is 50.2 Å². The minimum absolute atomic E-state index is 0.0648. The van der Waals surface area contributed by atoms with E-state index in [1.807, 2.05) is 0 Å². The summed E-state index contributed by atoms with van der Waals surface area (Å²) in [7, 11) is 0. The number of ether oxygens (including phenoxy) is 1. The molecule has 19 heavy (non-hydrogen) atoms. The molecule has 0 aromatic rings. The molecule has 1 aliphatic heterocycles. The van der Waals surface area contributed by atoms with Gasteiger partial charge < -0.3 is 4.74 Å². The van der Waals surface area contributed by atoms with E-state index in [0.717, 1.165) is 12.3 Å². The van der Waals surface area contributed by atoms with Crippen LogP contribution in [0.25, 0.3) is 0 Å². The average Bonchev–Trinajstić information content (AvgIpc) is 3.26. The lowest BCUT2D eigenvalue weighted by Crippen LogP contribution is -2.35. The summed E-state index contributed by atoms with van der Waals surface area (Å²) < 4.78 is 5.70. The van der Waals surface area contributed by atoms with Crippen molar-refractivity contribution < 1.29 is 9.53 Å². The summed E-state index contributed by atoms with van der Waals surface area (Å²) in [6, 6.07) is 0. The first kappa shape index (κ1) is 10.9. The average molecular weight is 259 g/mol. The standard InChI is InChI=1S/C16H21NO2/c17-12-9-1-3-15(5-6-15)10-2-4-16(7-8-16)11(10)13(9)19-14(12)18/h9-11,13,17H,1-8H2. The van der Waals surface area contributed by atoms with Crippen LogP contribution in [0, 0.1) is 34.0 Å². The Hall–Kier alpha value is -0.860. The van der Waals surface area contributed by atoms with Crippen LogP contribution in [0.3, 0.4) is 0 Å². The first-order chi connectivity index (χ1) is 9.15. The fourth-order valence-electron chi connectivity index (χ4n) is 5.85. The van der Waals surface area contributed by atoms with Crippen LogP contribution in [-0.2, 0) is 9.53 Å². The molecular weight excluding hydrogens is 238 g/mol. The predicted molar refractivity (Wildman–Crippen MR) is 69.9 cm³/mol. The van der Waals surface area contributed by atoms with Crippen LogP contribution in [0.1, 0.15) is 51.4 Å². The maximum atomic E-state index is 11.8. The van der Waals surface area contributed by atoms with Gasteiger partial charge in [-0.05, 0) is 68.1 Å². The van der Waals surface area contributed by atoms with Gasteiger partial charge in [0.1, 0.15) is 11.8 Å². The molecular formula is C16H21NO2. The lowest BCUT2D eigenvalue weighted by Gasteiger charge is -2.32. The summed E-state index contributed by atoms with van der Waals surface area (Å²) >= 11 is 0. The number of hydrogen-bond acceptors (Lipinski definition) is 3. The molecule has 3 heteroatoms. The first-order valence-electron chi connectivity index (χ1n) is 7.95. The molecule has 1 heterocycles. The van der Waals surface area contributed by atoms with E-state index in [1.165, 1.54) is 44.9 Å². The van der Waals surface area contributed by atoms with Gasteiger partial charge in [-0.2, -0.15) is 0 Å². The van der Waals surface area contributed by atoms with Crippen molar-refractivity contribution in [3.05, 3.63) is 0 Å². The third-order valence-corrected chi connectivity index (χ3v) is 7.20. The van der Waals surface area contributed by atoms with E-state index >= 15 is 0 Å². The van der Waals surface area contributed by atoms with E-state index in [9.17, 15) is 4.79 Å². The van der Waals surface area contributed by atoms with E-state index in [4.69, 9.17) is 10.1 Å². The van der Waals surface area contributed by atoms with E-state index in [1.54, 1.807) is 0 Å². The Kier molecular flexibility index (Phi) is 1.76. The van der Waals surface area contributed by atoms with Gasteiger partial charge in [0, 0.05) is 11.8 Å². The van der Waals surface area contributed by atoms with Crippen molar-refractivity contribution in [3.8, 4) is 0 Å². The number of carbonyl (C=O) groups is 1. The molecule has 1 saturated heterocycles. The van der Waals surface area contributed by atoms with Crippen LogP contribution in [-0.4, -0.2) is 17.8 Å². The maximum absolute atomic E-state index is 11.8. The van der Waals surface area contributed by atoms with E-state index in [0.29, 0.717) is 16.7 Å². The Labute approximate surface area is 113 Å². The van der Waals surface area contributed by atoms with Gasteiger partial charge in [0.05, 0.1) is 0 Å². The summed E-state index contributed by atoms with van der Waals surface area (Å²) in [4.78, 5) is 11.8. The molecule has 0 bridgehead atoms. The highest BCUT2D eigenvalue weighted by molar-refractivity contribution is 6.37. The van der Waals surface area contributed by atoms with Crippen molar-refractivity contribution in [2.45, 2.75) is 57.5 Å². The Morgan fingerprint density at radius 1 is 1.00 bits per heavy atom. The van der Waals surface area contributed by atoms with Crippen molar-refractivity contribution >= 4 is 11.7 Å². The smallest absolute Gasteiger partial charge is 0.352 e. The lowest BCUT2D eigenvalue weighted by molar-refractivity contribution is -0.141. The molecule has 4 aliphatic carbocycles. The summed E-state index contributed by atoms with van der Waals surface area (Å²) in [5.41, 5.74) is 1.38. The van der Waals surface area contributed by atoms with Gasteiger partial charge >= 0.3 is 5.97 Å². The van der Waals surface area contributed by atoms with Gasteiger partial charge in [0.2, 0.25) is 0 Å². The third kappa shape index (κ3) is 1.20. The van der Waals surface area contributed by atoms with Crippen LogP contribution in [0.2, 0.25) is 0 Å². The van der Waals surface area contributed by atoms with Gasteiger partial charge in [-0.15, -0.1) is 0 Å². The summed E-state index contributed by atoms with van der Waals surface area (Å²) in [6.07, 6.45) is 10.5. The second kappa shape index (κ2) is 3.07. The first-order valence-corrected chi connectivity index (χ1v) is 7.95. The van der Waals surface area contributed by atoms with E-state index < -0.39 is 0 Å². The van der Waals surface area contributed by atoms with Gasteiger partial charge in [-0.25, -0.2) is 4.79 Å². The maximum Gasteiger partial charge on any atom is 0.352 e. The van der Waals surface area contributed by atoms with Crippen molar-refractivity contribution in [2.75, 3.05) is 0 Å². The fraction of sp³-hybridized carbons (Fsp3) is 0.875. The SMILES string of the molecule is N=C1C(=O)OC2C1CCC1(CC1)C1CCC3(CC3)C21. The second-order valence-electron chi connectivity index (χ2n) is 7.82. The molecule has 1 N–H and O–H groups in total. The van der Waals surface area contributed by atoms with Gasteiger partial charge in [0.15, 0.2) is 0 Å². The van der Waals surface area contributed by atoms with Crippen LogP contribution in [0.4, 0.5) is 0 Å². The van der Waals surface area contributed by atoms with Crippen LogP contribution in [0.15, 0.2) is 0 Å². The molecule has 4 atom stereocenters. The summed E-state index contributed by atoms with van der Waals surface area (Å²) in [5, 5.41) is 8.05. The zero-order valence-corrected chi connectivity index (χ0v) is 11.3. The largest absolute Gasteiger partial charge is 0.457 e. The molecule has 5 aliphatic rings. The number of fused-ring (bicyclic) bond motifs is 5. The molecule has 0 aromatic carbocycles. The number of rotatable bonds is 0. The molecule has 0 aromatic heterocycles. The molecule has 4 unspecified atom stereocenters. The van der Waals surface area contributed by atoms with Gasteiger partial charge in [-0.3, -0.25) is 5.41 Å². The quantitative estimate of drug-likeness (QED) is 0.680. The molecule has 3 nitrogen and oxygen atoms in total. The zero-order chi connectivity index (χ0) is 12.8. The predicted octanol–water partition coefficient (Wildman–Crippen LogP) is 2.93. The third-order valence-electron chi connectivity index (χ3n) is 7.20. The number of hydrogen-bond donors (Lipinski definition) is 1. The van der Waals surface area contributed by atoms with Gasteiger partial charge in [0.25, 0.3) is 0 Å². The molecule has 0 radical (unpaired) electrons. The minimum Gasteiger partial charge on any atom is -0.457 e. The highest BCUT2D eigenvalue weighted by Gasteiger charge is 2.69. The molecule has 5 fully saturated rings. The normalized spacial score (nSPS) is 47.8. The number of carbonyl (C=O) groups excluding carboxylic acids is 1. The molecule has 4 saturated carbocycles. The molecule has 102 valence electrons. The van der Waals surface area contributed by atoms with Crippen molar-refractivity contribution in [1.82, 2.24) is 0 Å². The number of nitrogens with one attached hydrogen (secondary N) is 1. The van der Waals surface area contributed by atoms with Crippen molar-refractivity contribution in [3.63, 3.8) is 0 Å². The molecule has 2 spiro atoms.